The van der Waals surface area contributed by atoms with Crippen molar-refractivity contribution in [3.8, 4) is 0 Å². The summed E-state index contributed by atoms with van der Waals surface area (Å²) in [6.45, 7) is 2.54. The molecule has 0 saturated heterocycles. The highest BCUT2D eigenvalue weighted by Crippen LogP contribution is 2.39. The molecule has 0 unspecified atom stereocenters. The summed E-state index contributed by atoms with van der Waals surface area (Å²) in [6, 6.07) is 3.28. The van der Waals surface area contributed by atoms with E-state index in [0.717, 1.165) is 18.5 Å². The largest absolute Gasteiger partial charge is 0.481 e. The van der Waals surface area contributed by atoms with E-state index in [2.05, 4.69) is 5.10 Å². The Bertz CT molecular complexity index is 710. The van der Waals surface area contributed by atoms with Gasteiger partial charge in [-0.15, -0.1) is 0 Å². The molecule has 1 aliphatic rings. The SMILES string of the molecule is CCn1c(CC(=O)O)cc(=O)n2nc(C3CC3)cc12. The monoisotopic (exact) mass is 261 g/mol. The standard InChI is InChI=1S/C13H15N3O3/c1-2-15-9(6-13(18)19)5-12(17)16-11(15)7-10(14-16)8-3-4-8/h5,7-8H,2-4,6H2,1H3,(H,18,19). The number of hydrogen-bond donors (Lipinski definition) is 1. The van der Waals surface area contributed by atoms with Crippen molar-refractivity contribution < 1.29 is 9.90 Å². The van der Waals surface area contributed by atoms with Gasteiger partial charge in [-0.1, -0.05) is 0 Å². The van der Waals surface area contributed by atoms with Crippen LogP contribution in [0.1, 0.15) is 37.1 Å². The van der Waals surface area contributed by atoms with E-state index in [9.17, 15) is 9.59 Å². The summed E-state index contributed by atoms with van der Waals surface area (Å²) in [5, 5.41) is 13.3. The molecule has 1 N–H and O–H groups in total. The zero-order chi connectivity index (χ0) is 13.6. The number of aliphatic carboxylic acids is 1. The van der Waals surface area contributed by atoms with Gasteiger partial charge in [0.1, 0.15) is 5.65 Å². The summed E-state index contributed by atoms with van der Waals surface area (Å²) in [6.07, 6.45) is 2.09. The molecule has 6 heteroatoms. The lowest BCUT2D eigenvalue weighted by atomic mass is 10.2. The second-order valence-electron chi connectivity index (χ2n) is 4.90. The number of carboxylic acids is 1. The summed E-state index contributed by atoms with van der Waals surface area (Å²) < 4.78 is 3.22. The fourth-order valence-corrected chi connectivity index (χ4v) is 2.42. The Labute approximate surface area is 109 Å². The van der Waals surface area contributed by atoms with Crippen LogP contribution in [0.2, 0.25) is 0 Å². The van der Waals surface area contributed by atoms with Gasteiger partial charge in [0.05, 0.1) is 12.1 Å². The third-order valence-corrected chi connectivity index (χ3v) is 3.48. The molecule has 0 aromatic carbocycles. The number of fused-ring (bicyclic) bond motifs is 1. The average Bonchev–Trinajstić information content (AvgIpc) is 3.09. The highest BCUT2D eigenvalue weighted by molar-refractivity contribution is 5.70. The fraction of sp³-hybridized carbons (Fsp3) is 0.462. The molecule has 19 heavy (non-hydrogen) atoms. The number of carboxylic acid groups (broad SMARTS) is 1. The Hall–Kier alpha value is -2.11. The van der Waals surface area contributed by atoms with E-state index in [0.29, 0.717) is 23.8 Å². The molecule has 2 aromatic rings. The minimum Gasteiger partial charge on any atom is -0.481 e. The second kappa shape index (κ2) is 4.22. The van der Waals surface area contributed by atoms with Crippen molar-refractivity contribution in [3.63, 3.8) is 0 Å². The van der Waals surface area contributed by atoms with Crippen molar-refractivity contribution in [3.05, 3.63) is 33.9 Å². The Morgan fingerprint density at radius 3 is 2.79 bits per heavy atom. The van der Waals surface area contributed by atoms with Crippen LogP contribution in [-0.2, 0) is 17.8 Å². The number of carbonyl (C=O) groups is 1. The maximum Gasteiger partial charge on any atom is 0.309 e. The van der Waals surface area contributed by atoms with Crippen molar-refractivity contribution >= 4 is 11.6 Å². The molecule has 2 aromatic heterocycles. The highest BCUT2D eigenvalue weighted by Gasteiger charge is 2.27. The van der Waals surface area contributed by atoms with Crippen molar-refractivity contribution in [1.82, 2.24) is 14.2 Å². The minimum atomic E-state index is -0.937. The molecular weight excluding hydrogens is 246 g/mol. The van der Waals surface area contributed by atoms with Crippen LogP contribution in [0, 0.1) is 0 Å². The molecule has 0 atom stereocenters. The molecule has 2 heterocycles. The van der Waals surface area contributed by atoms with Crippen LogP contribution in [0.5, 0.6) is 0 Å². The van der Waals surface area contributed by atoms with E-state index in [4.69, 9.17) is 5.11 Å². The Balaban J connectivity index is 2.22. The van der Waals surface area contributed by atoms with Crippen LogP contribution >= 0.6 is 0 Å². The van der Waals surface area contributed by atoms with E-state index in [1.807, 2.05) is 17.6 Å². The number of nitrogens with zero attached hydrogens (tertiary/aromatic N) is 3. The van der Waals surface area contributed by atoms with Crippen molar-refractivity contribution in [2.24, 2.45) is 0 Å². The number of rotatable bonds is 4. The first kappa shape index (κ1) is 12.0. The van der Waals surface area contributed by atoms with E-state index >= 15 is 0 Å². The lowest BCUT2D eigenvalue weighted by Crippen LogP contribution is -2.22. The summed E-state index contributed by atoms with van der Waals surface area (Å²) >= 11 is 0. The highest BCUT2D eigenvalue weighted by atomic mass is 16.4. The van der Waals surface area contributed by atoms with Gasteiger partial charge >= 0.3 is 5.97 Å². The van der Waals surface area contributed by atoms with Gasteiger partial charge in [0.25, 0.3) is 5.56 Å². The molecule has 100 valence electrons. The van der Waals surface area contributed by atoms with Crippen molar-refractivity contribution in [2.45, 2.75) is 38.6 Å². The van der Waals surface area contributed by atoms with Gasteiger partial charge in [0.2, 0.25) is 0 Å². The van der Waals surface area contributed by atoms with Crippen LogP contribution < -0.4 is 5.56 Å². The topological polar surface area (TPSA) is 76.6 Å². The summed E-state index contributed by atoms with van der Waals surface area (Å²) in [5.74, 6) is -0.472. The molecule has 0 spiro atoms. The van der Waals surface area contributed by atoms with Crippen molar-refractivity contribution in [2.75, 3.05) is 0 Å². The van der Waals surface area contributed by atoms with Crippen LogP contribution in [0.15, 0.2) is 16.9 Å². The molecule has 0 aliphatic heterocycles. The smallest absolute Gasteiger partial charge is 0.309 e. The molecule has 1 saturated carbocycles. The molecule has 6 nitrogen and oxygen atoms in total. The third kappa shape index (κ3) is 2.03. The maximum absolute atomic E-state index is 12.0. The van der Waals surface area contributed by atoms with Crippen LogP contribution in [0.3, 0.4) is 0 Å². The van der Waals surface area contributed by atoms with Crippen LogP contribution in [0.4, 0.5) is 0 Å². The normalized spacial score (nSPS) is 15.0. The first-order valence-corrected chi connectivity index (χ1v) is 6.44. The van der Waals surface area contributed by atoms with E-state index in [1.54, 1.807) is 0 Å². The minimum absolute atomic E-state index is 0.149. The molecule has 0 bridgehead atoms. The number of aromatic nitrogens is 3. The van der Waals surface area contributed by atoms with Gasteiger partial charge < -0.3 is 9.67 Å². The molecule has 3 rings (SSSR count). The van der Waals surface area contributed by atoms with Crippen molar-refractivity contribution in [1.29, 1.82) is 0 Å². The number of aryl methyl sites for hydroxylation is 1. The first-order chi connectivity index (χ1) is 9.10. The first-order valence-electron chi connectivity index (χ1n) is 6.44. The molecule has 1 fully saturated rings. The predicted molar refractivity (Wildman–Crippen MR) is 68.4 cm³/mol. The lowest BCUT2D eigenvalue weighted by Gasteiger charge is -2.11. The van der Waals surface area contributed by atoms with E-state index in [-0.39, 0.29) is 12.0 Å². The van der Waals surface area contributed by atoms with Crippen LogP contribution in [-0.4, -0.2) is 25.3 Å². The summed E-state index contributed by atoms with van der Waals surface area (Å²) in [7, 11) is 0. The third-order valence-electron chi connectivity index (χ3n) is 3.48. The zero-order valence-corrected chi connectivity index (χ0v) is 10.7. The van der Waals surface area contributed by atoms with E-state index in [1.165, 1.54) is 10.6 Å². The zero-order valence-electron chi connectivity index (χ0n) is 10.7. The maximum atomic E-state index is 12.0. The quantitative estimate of drug-likeness (QED) is 0.891. The molecule has 0 amide bonds. The molecular formula is C13H15N3O3. The van der Waals surface area contributed by atoms with Gasteiger partial charge in [0, 0.05) is 30.3 Å². The summed E-state index contributed by atoms with van der Waals surface area (Å²) in [4.78, 5) is 22.9. The Morgan fingerprint density at radius 2 is 2.21 bits per heavy atom. The van der Waals surface area contributed by atoms with Gasteiger partial charge in [-0.25, -0.2) is 0 Å². The van der Waals surface area contributed by atoms with Crippen LogP contribution in [0.25, 0.3) is 5.65 Å². The molecule has 1 aliphatic carbocycles. The fourth-order valence-electron chi connectivity index (χ4n) is 2.42. The summed E-state index contributed by atoms with van der Waals surface area (Å²) in [5.41, 5.74) is 1.89. The molecule has 0 radical (unpaired) electrons. The van der Waals surface area contributed by atoms with Gasteiger partial charge in [-0.3, -0.25) is 9.59 Å². The lowest BCUT2D eigenvalue weighted by molar-refractivity contribution is -0.136. The average molecular weight is 261 g/mol. The van der Waals surface area contributed by atoms with Gasteiger partial charge in [0.15, 0.2) is 0 Å². The van der Waals surface area contributed by atoms with Gasteiger partial charge in [-0.05, 0) is 19.8 Å². The Kier molecular flexibility index (Phi) is 2.66. The number of hydrogen-bond acceptors (Lipinski definition) is 3. The second-order valence-corrected chi connectivity index (χ2v) is 4.90. The van der Waals surface area contributed by atoms with Gasteiger partial charge in [-0.2, -0.15) is 9.61 Å². The Morgan fingerprint density at radius 1 is 1.47 bits per heavy atom. The predicted octanol–water partition coefficient (Wildman–Crippen LogP) is 1.02. The van der Waals surface area contributed by atoms with E-state index < -0.39 is 5.97 Å².